The van der Waals surface area contributed by atoms with E-state index in [-0.39, 0.29) is 5.56 Å². The van der Waals surface area contributed by atoms with Crippen molar-refractivity contribution in [2.45, 2.75) is 34.1 Å². The maximum absolute atomic E-state index is 12.6. The van der Waals surface area contributed by atoms with Gasteiger partial charge in [-0.15, -0.1) is 11.3 Å². The van der Waals surface area contributed by atoms with Gasteiger partial charge in [0, 0.05) is 27.9 Å². The van der Waals surface area contributed by atoms with E-state index < -0.39 is 0 Å². The zero-order valence-corrected chi connectivity index (χ0v) is 16.4. The van der Waals surface area contributed by atoms with Crippen molar-refractivity contribution >= 4 is 27.8 Å². The van der Waals surface area contributed by atoms with Gasteiger partial charge in [0.05, 0.1) is 11.6 Å². The van der Waals surface area contributed by atoms with Gasteiger partial charge in [-0.05, 0) is 39.3 Å². The lowest BCUT2D eigenvalue weighted by molar-refractivity contribution is 0.394. The second-order valence-electron chi connectivity index (χ2n) is 6.38. The predicted octanol–water partition coefficient (Wildman–Crippen LogP) is 3.61. The van der Waals surface area contributed by atoms with Crippen molar-refractivity contribution in [1.82, 2.24) is 19.4 Å². The highest BCUT2D eigenvalue weighted by atomic mass is 32.1. The van der Waals surface area contributed by atoms with Gasteiger partial charge >= 0.3 is 0 Å². The molecule has 0 atom stereocenters. The van der Waals surface area contributed by atoms with Crippen LogP contribution in [0.1, 0.15) is 34.5 Å². The number of aryl methyl sites for hydroxylation is 3. The van der Waals surface area contributed by atoms with Crippen LogP contribution in [-0.4, -0.2) is 25.6 Å². The van der Waals surface area contributed by atoms with Crippen LogP contribution in [0.5, 0.6) is 0 Å². The van der Waals surface area contributed by atoms with Crippen molar-refractivity contribution in [2.24, 2.45) is 5.10 Å². The maximum atomic E-state index is 12.6. The van der Waals surface area contributed by atoms with Crippen LogP contribution >= 0.6 is 11.3 Å². The van der Waals surface area contributed by atoms with Crippen LogP contribution in [0.15, 0.2) is 38.9 Å². The summed E-state index contributed by atoms with van der Waals surface area (Å²) in [5, 5.41) is 9.03. The van der Waals surface area contributed by atoms with Crippen LogP contribution in [0.25, 0.3) is 16.0 Å². The molecular formula is C19H19N5O2S. The molecule has 138 valence electrons. The summed E-state index contributed by atoms with van der Waals surface area (Å²) in [6.45, 7) is 7.89. The molecule has 0 unspecified atom stereocenters. The molecule has 0 radical (unpaired) electrons. The molecule has 0 bridgehead atoms. The normalized spacial score (nSPS) is 11.9. The van der Waals surface area contributed by atoms with Crippen molar-refractivity contribution in [3.05, 3.63) is 62.5 Å². The molecule has 4 rings (SSSR count). The van der Waals surface area contributed by atoms with E-state index in [0.29, 0.717) is 5.39 Å². The van der Waals surface area contributed by atoms with E-state index >= 15 is 0 Å². The summed E-state index contributed by atoms with van der Waals surface area (Å²) in [6.07, 6.45) is 4.03. The van der Waals surface area contributed by atoms with Crippen molar-refractivity contribution in [1.29, 1.82) is 0 Å². The third-order valence-electron chi connectivity index (χ3n) is 4.47. The van der Waals surface area contributed by atoms with Crippen LogP contribution in [0.3, 0.4) is 0 Å². The van der Waals surface area contributed by atoms with E-state index in [1.165, 1.54) is 11.0 Å². The molecule has 0 amide bonds. The second-order valence-corrected chi connectivity index (χ2v) is 7.50. The number of aromatic nitrogens is 4. The molecule has 0 aliphatic rings. The van der Waals surface area contributed by atoms with Crippen molar-refractivity contribution in [2.75, 3.05) is 0 Å². The molecule has 0 aromatic carbocycles. The third kappa shape index (κ3) is 3.02. The van der Waals surface area contributed by atoms with Gasteiger partial charge in [-0.2, -0.15) is 9.78 Å². The lowest BCUT2D eigenvalue weighted by Crippen LogP contribution is -2.16. The van der Waals surface area contributed by atoms with E-state index in [4.69, 9.17) is 4.52 Å². The summed E-state index contributed by atoms with van der Waals surface area (Å²) in [4.78, 5) is 18.9. The summed E-state index contributed by atoms with van der Waals surface area (Å²) < 4.78 is 8.45. The third-order valence-corrected chi connectivity index (χ3v) is 5.66. The largest absolute Gasteiger partial charge is 0.360 e. The number of hydrogen-bond donors (Lipinski definition) is 0. The average molecular weight is 381 g/mol. The lowest BCUT2D eigenvalue weighted by atomic mass is 10.3. The Bertz CT molecular complexity index is 1220. The number of fused-ring (bicyclic) bond motifs is 1. The summed E-state index contributed by atoms with van der Waals surface area (Å²) in [7, 11) is 0. The molecular weight excluding hydrogens is 362 g/mol. The minimum atomic E-state index is -0.159. The van der Waals surface area contributed by atoms with Crippen LogP contribution in [-0.2, 0) is 6.42 Å². The topological polar surface area (TPSA) is 78.2 Å². The van der Waals surface area contributed by atoms with E-state index in [0.717, 1.165) is 44.7 Å². The van der Waals surface area contributed by atoms with E-state index in [9.17, 15) is 4.79 Å². The molecule has 0 fully saturated rings. The van der Waals surface area contributed by atoms with Crippen molar-refractivity contribution in [3.8, 4) is 5.82 Å². The lowest BCUT2D eigenvalue weighted by Gasteiger charge is -2.03. The Labute approximate surface area is 159 Å². The van der Waals surface area contributed by atoms with Crippen molar-refractivity contribution < 1.29 is 4.52 Å². The molecule has 0 spiro atoms. The molecule has 0 saturated heterocycles. The van der Waals surface area contributed by atoms with E-state index in [2.05, 4.69) is 22.2 Å². The fraction of sp³-hybridized carbons (Fsp3) is 0.263. The minimum Gasteiger partial charge on any atom is -0.360 e. The molecule has 0 saturated carbocycles. The van der Waals surface area contributed by atoms with Gasteiger partial charge in [0.2, 0.25) is 0 Å². The molecule has 27 heavy (non-hydrogen) atoms. The number of thiophene rings is 1. The standard InChI is InChI=1S/C19H19N5O2S/c1-5-15-8-16-18(27-15)20-10-23(19(16)25)21-9-14-6-11(2)24(13(14)4)17-7-12(3)26-22-17/h6-10H,5H2,1-4H3/b21-9-. The molecule has 8 heteroatoms. The van der Waals surface area contributed by atoms with E-state index in [1.54, 1.807) is 17.6 Å². The second kappa shape index (κ2) is 6.62. The highest BCUT2D eigenvalue weighted by Gasteiger charge is 2.13. The van der Waals surface area contributed by atoms with Crippen molar-refractivity contribution in [3.63, 3.8) is 0 Å². The fourth-order valence-electron chi connectivity index (χ4n) is 3.07. The Morgan fingerprint density at radius 3 is 2.78 bits per heavy atom. The fourth-order valence-corrected chi connectivity index (χ4v) is 4.00. The summed E-state index contributed by atoms with van der Waals surface area (Å²) in [5.74, 6) is 1.48. The first kappa shape index (κ1) is 17.4. The Morgan fingerprint density at radius 1 is 1.26 bits per heavy atom. The van der Waals surface area contributed by atoms with Gasteiger partial charge in [0.15, 0.2) is 5.82 Å². The highest BCUT2D eigenvalue weighted by molar-refractivity contribution is 7.18. The maximum Gasteiger partial charge on any atom is 0.282 e. The Balaban J connectivity index is 1.72. The minimum absolute atomic E-state index is 0.159. The summed E-state index contributed by atoms with van der Waals surface area (Å²) >= 11 is 1.55. The van der Waals surface area contributed by atoms with Crippen LogP contribution in [0.2, 0.25) is 0 Å². The van der Waals surface area contributed by atoms with Gasteiger partial charge in [-0.1, -0.05) is 12.1 Å². The molecule has 4 aromatic heterocycles. The predicted molar refractivity (Wildman–Crippen MR) is 106 cm³/mol. The van der Waals surface area contributed by atoms with Gasteiger partial charge in [-0.3, -0.25) is 9.36 Å². The van der Waals surface area contributed by atoms with E-state index in [1.807, 2.05) is 43.5 Å². The molecule has 4 aromatic rings. The zero-order valence-electron chi connectivity index (χ0n) is 15.6. The molecule has 4 heterocycles. The Kier molecular flexibility index (Phi) is 4.27. The monoisotopic (exact) mass is 381 g/mol. The van der Waals surface area contributed by atoms with Gasteiger partial charge in [0.25, 0.3) is 5.56 Å². The number of hydrogen-bond acceptors (Lipinski definition) is 6. The highest BCUT2D eigenvalue weighted by Crippen LogP contribution is 2.21. The SMILES string of the molecule is CCc1cc2c(=O)n(/N=C\c3cc(C)n(-c4cc(C)on4)c3C)cnc2s1. The van der Waals surface area contributed by atoms with Gasteiger partial charge in [0.1, 0.15) is 16.9 Å². The van der Waals surface area contributed by atoms with Crippen LogP contribution in [0, 0.1) is 20.8 Å². The number of rotatable bonds is 4. The molecule has 0 aliphatic heterocycles. The quantitative estimate of drug-likeness (QED) is 0.506. The Hall–Kier alpha value is -3.00. The molecule has 7 nitrogen and oxygen atoms in total. The summed E-state index contributed by atoms with van der Waals surface area (Å²) in [5.41, 5.74) is 2.72. The van der Waals surface area contributed by atoms with Crippen LogP contribution in [0.4, 0.5) is 0 Å². The van der Waals surface area contributed by atoms with Crippen LogP contribution < -0.4 is 5.56 Å². The number of nitrogens with zero attached hydrogens (tertiary/aromatic N) is 5. The zero-order chi connectivity index (χ0) is 19.1. The van der Waals surface area contributed by atoms with Gasteiger partial charge in [-0.25, -0.2) is 4.98 Å². The molecule has 0 N–H and O–H groups in total. The smallest absolute Gasteiger partial charge is 0.282 e. The average Bonchev–Trinajstić information content (AvgIpc) is 3.32. The molecule has 0 aliphatic carbocycles. The van der Waals surface area contributed by atoms with Gasteiger partial charge < -0.3 is 4.52 Å². The first-order chi connectivity index (χ1) is 13.0. The summed E-state index contributed by atoms with van der Waals surface area (Å²) in [6, 6.07) is 5.78. The first-order valence-corrected chi connectivity index (χ1v) is 9.46. The Morgan fingerprint density at radius 2 is 2.07 bits per heavy atom. The first-order valence-electron chi connectivity index (χ1n) is 8.65.